The number of fused-ring (bicyclic) bond motifs is 18. The Morgan fingerprint density at radius 3 is 0.837 bits per heavy atom. The van der Waals surface area contributed by atoms with Gasteiger partial charge in [0.1, 0.15) is 33.5 Å². The molecule has 3 heteroatoms. The Labute approximate surface area is 744 Å². The van der Waals surface area contributed by atoms with Gasteiger partial charge in [-0.15, -0.1) is 0 Å². The zero-order valence-electron chi connectivity index (χ0n) is 70.3. The van der Waals surface area contributed by atoms with E-state index >= 15 is 0 Å². The number of furan rings is 3. The standard InChI is InChI=1S/3C42H26O/c1-2-13-28(14-3-1)31-20-10-22-37-41-36(21-11-23-38(41)43-42(31)37)40-34-18-8-6-16-32(34)39(33-17-7-9-19-35(33)40)30-25-24-27-12-4-5-15-29(27)26-30;1-2-13-28(14-3-1)31-24-25-37(41-36-20-10-11-21-38(36)43-42(31)41)40-34-18-8-6-16-32(34)39(33-17-7-9-19-35(33)40)30-23-22-27-12-4-5-15-29(27)26-30;1-2-12-27(13-3-1)31-25-37(42-36-20-10-11-21-38(36)43-39(42)26-31)41-34-18-8-6-16-32(34)40(33-17-7-9-19-35(33)41)30-23-22-28-14-4-5-15-29(28)24-30/h3*1-26H. The first-order valence-corrected chi connectivity index (χ1v) is 44.3. The van der Waals surface area contributed by atoms with Gasteiger partial charge in [-0.1, -0.05) is 419 Å². The van der Waals surface area contributed by atoms with Crippen LogP contribution in [0.15, 0.2) is 486 Å². The van der Waals surface area contributed by atoms with E-state index in [9.17, 15) is 0 Å². The highest BCUT2D eigenvalue weighted by Crippen LogP contribution is 2.54. The van der Waals surface area contributed by atoms with E-state index < -0.39 is 0 Å². The number of rotatable bonds is 9. The van der Waals surface area contributed by atoms with Gasteiger partial charge in [-0.25, -0.2) is 0 Å². The van der Waals surface area contributed by atoms with Gasteiger partial charge in [-0.2, -0.15) is 0 Å². The summed E-state index contributed by atoms with van der Waals surface area (Å²) in [6.07, 6.45) is 0. The predicted molar refractivity (Wildman–Crippen MR) is 548 cm³/mol. The summed E-state index contributed by atoms with van der Waals surface area (Å²) in [5.41, 5.74) is 27.2. The van der Waals surface area contributed by atoms with Crippen molar-refractivity contribution in [3.8, 4) is 100 Å². The van der Waals surface area contributed by atoms with Gasteiger partial charge < -0.3 is 13.3 Å². The van der Waals surface area contributed by atoms with Crippen LogP contribution in [-0.2, 0) is 0 Å². The molecule has 0 saturated carbocycles. The molecule has 0 bridgehead atoms. The molecular weight excluding hydrogens is 1560 g/mol. The molecule has 0 fully saturated rings. The van der Waals surface area contributed by atoms with Gasteiger partial charge in [0.05, 0.1) is 0 Å². The SMILES string of the molecule is c1ccc(-c2cc(-c3c4ccccc4c(-c4ccc5ccccc5c4)c4ccccc34)c3c(c2)oc2ccccc23)cc1.c1ccc(-c2ccc(-c3c4ccccc4c(-c4ccc5ccccc5c4)c4ccccc34)c3c2oc2ccccc23)cc1.c1ccc(-c2cccc3c2oc2cccc(-c4c5ccccc5c(-c5ccc6ccccc6c5)c5ccccc45)c23)cc1. The lowest BCUT2D eigenvalue weighted by Crippen LogP contribution is -1.92. The first-order valence-electron chi connectivity index (χ1n) is 44.3. The van der Waals surface area contributed by atoms with Crippen LogP contribution >= 0.6 is 0 Å². The summed E-state index contributed by atoms with van der Waals surface area (Å²) < 4.78 is 19.9. The molecular formula is C126H78O3. The maximum Gasteiger partial charge on any atom is 0.143 e. The van der Waals surface area contributed by atoms with E-state index in [4.69, 9.17) is 13.3 Å². The van der Waals surface area contributed by atoms with Gasteiger partial charge >= 0.3 is 0 Å². The van der Waals surface area contributed by atoms with Gasteiger partial charge in [0.2, 0.25) is 0 Å². The number of hydrogen-bond donors (Lipinski definition) is 0. The van der Waals surface area contributed by atoms with E-state index in [0.717, 1.165) is 93.6 Å². The maximum absolute atomic E-state index is 6.66. The minimum atomic E-state index is 0.905. The first kappa shape index (κ1) is 74.6. The third kappa shape index (κ3) is 12.6. The summed E-state index contributed by atoms with van der Waals surface area (Å²) in [4.78, 5) is 0. The molecule has 0 aliphatic rings. The second kappa shape index (κ2) is 31.1. The highest BCUT2D eigenvalue weighted by atomic mass is 16.3. The summed E-state index contributed by atoms with van der Waals surface area (Å²) in [6.45, 7) is 0. The quantitative estimate of drug-likeness (QED) is 0.135. The topological polar surface area (TPSA) is 39.4 Å². The van der Waals surface area contributed by atoms with Crippen molar-refractivity contribution in [3.63, 3.8) is 0 Å². The fourth-order valence-corrected chi connectivity index (χ4v) is 20.9. The Hall–Kier alpha value is -17.0. The summed E-state index contributed by atoms with van der Waals surface area (Å²) in [6, 6.07) is 170. The largest absolute Gasteiger partial charge is 0.456 e. The van der Waals surface area contributed by atoms with Crippen molar-refractivity contribution in [2.45, 2.75) is 0 Å². The van der Waals surface area contributed by atoms with Crippen LogP contribution in [0, 0.1) is 0 Å². The second-order valence-corrected chi connectivity index (χ2v) is 33.7. The maximum atomic E-state index is 6.66. The molecule has 0 atom stereocenters. The number of benzene rings is 24. The van der Waals surface area contributed by atoms with E-state index in [1.807, 2.05) is 6.07 Å². The summed E-state index contributed by atoms with van der Waals surface area (Å²) in [7, 11) is 0. The molecule has 0 unspecified atom stereocenters. The summed E-state index contributed by atoms with van der Waals surface area (Å²) >= 11 is 0. The molecule has 0 spiro atoms. The fourth-order valence-electron chi connectivity index (χ4n) is 20.9. The van der Waals surface area contributed by atoms with Crippen LogP contribution in [0.25, 0.3) is 263 Å². The Morgan fingerprint density at radius 2 is 0.403 bits per heavy atom. The molecule has 0 aliphatic heterocycles. The minimum Gasteiger partial charge on any atom is -0.456 e. The normalized spacial score (nSPS) is 11.7. The van der Waals surface area contributed by atoms with Gasteiger partial charge in [0.25, 0.3) is 0 Å². The van der Waals surface area contributed by atoms with Crippen LogP contribution in [-0.4, -0.2) is 0 Å². The molecule has 27 rings (SSSR count). The molecule has 3 nitrogen and oxygen atoms in total. The van der Waals surface area contributed by atoms with Crippen molar-refractivity contribution in [2.75, 3.05) is 0 Å². The lowest BCUT2D eigenvalue weighted by molar-refractivity contribution is 0.669. The zero-order chi connectivity index (χ0) is 85.0. The average molecular weight is 1640 g/mol. The van der Waals surface area contributed by atoms with Crippen LogP contribution in [0.2, 0.25) is 0 Å². The van der Waals surface area contributed by atoms with Crippen molar-refractivity contribution >= 4 is 163 Å². The molecule has 129 heavy (non-hydrogen) atoms. The Kier molecular flexibility index (Phi) is 18.0. The first-order chi connectivity index (χ1) is 64.0. The third-order valence-corrected chi connectivity index (χ3v) is 26.5. The molecule has 24 aromatic carbocycles. The van der Waals surface area contributed by atoms with Gasteiger partial charge in [0, 0.05) is 43.4 Å². The Morgan fingerprint density at radius 1 is 0.116 bits per heavy atom. The molecule has 3 heterocycles. The van der Waals surface area contributed by atoms with Gasteiger partial charge in [0.15, 0.2) is 0 Å². The lowest BCUT2D eigenvalue weighted by Gasteiger charge is -2.19. The molecule has 0 saturated heterocycles. The monoisotopic (exact) mass is 1640 g/mol. The van der Waals surface area contributed by atoms with Crippen LogP contribution in [0.1, 0.15) is 0 Å². The van der Waals surface area contributed by atoms with Crippen LogP contribution in [0.4, 0.5) is 0 Å². The predicted octanol–water partition coefficient (Wildman–Crippen LogP) is 36.1. The smallest absolute Gasteiger partial charge is 0.143 e. The third-order valence-electron chi connectivity index (χ3n) is 26.5. The van der Waals surface area contributed by atoms with Crippen molar-refractivity contribution in [3.05, 3.63) is 473 Å². The minimum absolute atomic E-state index is 0.905. The van der Waals surface area contributed by atoms with Crippen molar-refractivity contribution in [2.24, 2.45) is 0 Å². The Balaban J connectivity index is 0.000000105. The van der Waals surface area contributed by atoms with Crippen LogP contribution in [0.5, 0.6) is 0 Å². The molecule has 0 radical (unpaired) electrons. The van der Waals surface area contributed by atoms with Gasteiger partial charge in [-0.3, -0.25) is 0 Å². The van der Waals surface area contributed by atoms with Crippen molar-refractivity contribution < 1.29 is 13.3 Å². The molecule has 0 amide bonds. The highest BCUT2D eigenvalue weighted by Gasteiger charge is 2.27. The average Bonchev–Trinajstić information content (AvgIpc) is 1.71. The van der Waals surface area contributed by atoms with E-state index in [-0.39, 0.29) is 0 Å². The van der Waals surface area contributed by atoms with Crippen LogP contribution < -0.4 is 0 Å². The van der Waals surface area contributed by atoms with E-state index in [1.165, 1.54) is 169 Å². The summed E-state index contributed by atoms with van der Waals surface area (Å²) in [5, 5.41) is 29.3. The molecule has 27 aromatic rings. The fraction of sp³-hybridized carbons (Fsp3) is 0. The molecule has 0 N–H and O–H groups in total. The molecule has 3 aromatic heterocycles. The van der Waals surface area contributed by atoms with Crippen molar-refractivity contribution in [1.29, 1.82) is 0 Å². The Bertz CT molecular complexity index is 9020. The number of hydrogen-bond acceptors (Lipinski definition) is 3. The molecule has 600 valence electrons. The van der Waals surface area contributed by atoms with E-state index in [0.29, 0.717) is 0 Å². The van der Waals surface area contributed by atoms with E-state index in [1.54, 1.807) is 0 Å². The van der Waals surface area contributed by atoms with Gasteiger partial charge in [-0.05, 0) is 241 Å². The number of para-hydroxylation sites is 3. The lowest BCUT2D eigenvalue weighted by atomic mass is 9.84. The van der Waals surface area contributed by atoms with Crippen molar-refractivity contribution in [1.82, 2.24) is 0 Å². The molecule has 0 aliphatic carbocycles. The second-order valence-electron chi connectivity index (χ2n) is 33.7. The summed E-state index contributed by atoms with van der Waals surface area (Å²) in [5.74, 6) is 0. The van der Waals surface area contributed by atoms with Crippen LogP contribution in [0.3, 0.4) is 0 Å². The highest BCUT2D eigenvalue weighted by molar-refractivity contribution is 6.31. The van der Waals surface area contributed by atoms with E-state index in [2.05, 4.69) is 467 Å². The zero-order valence-corrected chi connectivity index (χ0v) is 70.3.